The summed E-state index contributed by atoms with van der Waals surface area (Å²) in [7, 11) is -3.28. The van der Waals surface area contributed by atoms with Crippen LogP contribution in [0.5, 0.6) is 0 Å². The van der Waals surface area contributed by atoms with Gasteiger partial charge in [-0.25, -0.2) is 13.6 Å². The van der Waals surface area contributed by atoms with Crippen molar-refractivity contribution in [3.63, 3.8) is 0 Å². The Morgan fingerprint density at radius 2 is 2.08 bits per heavy atom. The predicted molar refractivity (Wildman–Crippen MR) is 46.1 cm³/mol. The molecule has 0 aromatic carbocycles. The highest BCUT2D eigenvalue weighted by molar-refractivity contribution is 7.89. The molecule has 0 unspecified atom stereocenters. The van der Waals surface area contributed by atoms with E-state index in [1.54, 1.807) is 0 Å². The monoisotopic (exact) mass is 193 g/mol. The number of sulfonamides is 1. The van der Waals surface area contributed by atoms with E-state index in [-0.39, 0.29) is 17.8 Å². The number of nitrogens with two attached hydrogens (primary N) is 1. The van der Waals surface area contributed by atoms with Crippen molar-refractivity contribution in [1.29, 1.82) is 0 Å². The topological polar surface area (TPSA) is 69.4 Å². The highest BCUT2D eigenvalue weighted by Crippen LogP contribution is 2.30. The van der Waals surface area contributed by atoms with Crippen molar-refractivity contribution in [2.24, 2.45) is 11.1 Å². The molecule has 12 heavy (non-hydrogen) atoms. The molecule has 0 heterocycles. The summed E-state index contributed by atoms with van der Waals surface area (Å²) in [5.41, 5.74) is 0. The van der Waals surface area contributed by atoms with Crippen molar-refractivity contribution >= 4 is 10.0 Å². The average Bonchev–Trinajstić information content (AvgIpc) is 1.80. The quantitative estimate of drug-likeness (QED) is 0.688. The SMILES string of the molecule is CCOC1CC(CS(N)(=O)=O)C1. The molecule has 1 rings (SSSR count). The Hall–Kier alpha value is -0.130. The fourth-order valence-corrected chi connectivity index (χ4v) is 2.44. The van der Waals surface area contributed by atoms with E-state index in [1.165, 1.54) is 0 Å². The lowest BCUT2D eigenvalue weighted by Crippen LogP contribution is -2.37. The lowest BCUT2D eigenvalue weighted by atomic mass is 9.84. The van der Waals surface area contributed by atoms with Gasteiger partial charge in [-0.05, 0) is 25.7 Å². The third-order valence-electron chi connectivity index (χ3n) is 2.06. The highest BCUT2D eigenvalue weighted by atomic mass is 32.2. The van der Waals surface area contributed by atoms with Crippen LogP contribution in [0.3, 0.4) is 0 Å². The zero-order valence-corrected chi connectivity index (χ0v) is 8.01. The fraction of sp³-hybridized carbons (Fsp3) is 1.00. The number of primary sulfonamides is 1. The maximum absolute atomic E-state index is 10.6. The molecule has 0 aromatic heterocycles. The van der Waals surface area contributed by atoms with Gasteiger partial charge in [0.2, 0.25) is 10.0 Å². The van der Waals surface area contributed by atoms with E-state index in [4.69, 9.17) is 9.88 Å². The van der Waals surface area contributed by atoms with Crippen LogP contribution >= 0.6 is 0 Å². The fourth-order valence-electron chi connectivity index (χ4n) is 1.51. The molecule has 5 heteroatoms. The number of hydrogen-bond acceptors (Lipinski definition) is 3. The van der Waals surface area contributed by atoms with Crippen LogP contribution in [0.4, 0.5) is 0 Å². The van der Waals surface area contributed by atoms with Crippen LogP contribution in [0.25, 0.3) is 0 Å². The van der Waals surface area contributed by atoms with Crippen LogP contribution in [0.15, 0.2) is 0 Å². The third-order valence-corrected chi connectivity index (χ3v) is 3.00. The van der Waals surface area contributed by atoms with Crippen molar-refractivity contribution in [2.75, 3.05) is 12.4 Å². The van der Waals surface area contributed by atoms with E-state index in [2.05, 4.69) is 0 Å². The van der Waals surface area contributed by atoms with E-state index in [9.17, 15) is 8.42 Å². The van der Waals surface area contributed by atoms with E-state index in [0.717, 1.165) is 12.8 Å². The van der Waals surface area contributed by atoms with Gasteiger partial charge in [-0.15, -0.1) is 0 Å². The Kier molecular flexibility index (Phi) is 3.09. The molecule has 0 saturated heterocycles. The predicted octanol–water partition coefficient (Wildman–Crippen LogP) is 0.0900. The molecule has 2 N–H and O–H groups in total. The first-order valence-electron chi connectivity index (χ1n) is 4.13. The zero-order chi connectivity index (χ0) is 9.19. The molecule has 1 fully saturated rings. The van der Waals surface area contributed by atoms with Crippen molar-refractivity contribution in [3.8, 4) is 0 Å². The Morgan fingerprint density at radius 1 is 1.50 bits per heavy atom. The molecule has 0 spiro atoms. The number of hydrogen-bond donors (Lipinski definition) is 1. The van der Waals surface area contributed by atoms with Crippen LogP contribution in [0.2, 0.25) is 0 Å². The summed E-state index contributed by atoms with van der Waals surface area (Å²) in [5.74, 6) is 0.327. The molecule has 72 valence electrons. The maximum Gasteiger partial charge on any atom is 0.209 e. The third kappa shape index (κ3) is 3.08. The van der Waals surface area contributed by atoms with Gasteiger partial charge in [0, 0.05) is 6.61 Å². The van der Waals surface area contributed by atoms with E-state index in [0.29, 0.717) is 6.61 Å². The van der Waals surface area contributed by atoms with Crippen molar-refractivity contribution in [1.82, 2.24) is 0 Å². The summed E-state index contributed by atoms with van der Waals surface area (Å²) in [5, 5.41) is 4.90. The van der Waals surface area contributed by atoms with Crippen LogP contribution < -0.4 is 5.14 Å². The summed E-state index contributed by atoms with van der Waals surface area (Å²) >= 11 is 0. The van der Waals surface area contributed by atoms with Gasteiger partial charge in [-0.2, -0.15) is 0 Å². The Balaban J connectivity index is 2.18. The second-order valence-electron chi connectivity index (χ2n) is 3.24. The van der Waals surface area contributed by atoms with Gasteiger partial charge in [0.1, 0.15) is 0 Å². The molecule has 0 aromatic rings. The highest BCUT2D eigenvalue weighted by Gasteiger charge is 2.31. The molecule has 0 aliphatic heterocycles. The van der Waals surface area contributed by atoms with Gasteiger partial charge in [0.15, 0.2) is 0 Å². The Bertz CT molecular complexity index is 231. The second kappa shape index (κ2) is 3.72. The van der Waals surface area contributed by atoms with Crippen molar-refractivity contribution < 1.29 is 13.2 Å². The van der Waals surface area contributed by atoms with E-state index in [1.807, 2.05) is 6.92 Å². The second-order valence-corrected chi connectivity index (χ2v) is 4.90. The first kappa shape index (κ1) is 9.95. The molecule has 1 saturated carbocycles. The molecule has 0 amide bonds. The summed E-state index contributed by atoms with van der Waals surface area (Å²) in [4.78, 5) is 0. The summed E-state index contributed by atoms with van der Waals surface area (Å²) in [6.45, 7) is 2.64. The molecule has 0 atom stereocenters. The Labute approximate surface area is 73.1 Å². The minimum atomic E-state index is -3.28. The van der Waals surface area contributed by atoms with Crippen LogP contribution in [-0.2, 0) is 14.8 Å². The standard InChI is InChI=1S/C7H15NO3S/c1-2-11-7-3-6(4-7)5-12(8,9)10/h6-7H,2-5H2,1H3,(H2,8,9,10). The number of ether oxygens (including phenoxy) is 1. The molecule has 1 aliphatic carbocycles. The molecule has 0 bridgehead atoms. The maximum atomic E-state index is 10.6. The molecule has 4 nitrogen and oxygen atoms in total. The van der Waals surface area contributed by atoms with Gasteiger partial charge < -0.3 is 4.74 Å². The number of rotatable bonds is 4. The van der Waals surface area contributed by atoms with E-state index >= 15 is 0 Å². The lowest BCUT2D eigenvalue weighted by Gasteiger charge is -2.34. The molecular weight excluding hydrogens is 178 g/mol. The van der Waals surface area contributed by atoms with Crippen molar-refractivity contribution in [3.05, 3.63) is 0 Å². The zero-order valence-electron chi connectivity index (χ0n) is 7.19. The molecular formula is C7H15NO3S. The molecule has 1 aliphatic rings. The van der Waals surface area contributed by atoms with Gasteiger partial charge in [0.05, 0.1) is 11.9 Å². The average molecular weight is 193 g/mol. The summed E-state index contributed by atoms with van der Waals surface area (Å²) < 4.78 is 26.6. The summed E-state index contributed by atoms with van der Waals surface area (Å²) in [6, 6.07) is 0. The van der Waals surface area contributed by atoms with Gasteiger partial charge >= 0.3 is 0 Å². The smallest absolute Gasteiger partial charge is 0.209 e. The summed E-state index contributed by atoms with van der Waals surface area (Å²) in [6.07, 6.45) is 1.94. The first-order valence-corrected chi connectivity index (χ1v) is 5.85. The minimum absolute atomic E-state index is 0.108. The van der Waals surface area contributed by atoms with Crippen LogP contribution in [0, 0.1) is 5.92 Å². The van der Waals surface area contributed by atoms with Crippen LogP contribution in [-0.4, -0.2) is 26.9 Å². The van der Waals surface area contributed by atoms with E-state index < -0.39 is 10.0 Å². The van der Waals surface area contributed by atoms with Gasteiger partial charge in [-0.3, -0.25) is 0 Å². The lowest BCUT2D eigenvalue weighted by molar-refractivity contribution is -0.0180. The largest absolute Gasteiger partial charge is 0.378 e. The normalized spacial score (nSPS) is 29.8. The van der Waals surface area contributed by atoms with Crippen LogP contribution in [0.1, 0.15) is 19.8 Å². The Morgan fingerprint density at radius 3 is 2.50 bits per heavy atom. The van der Waals surface area contributed by atoms with Gasteiger partial charge in [0.25, 0.3) is 0 Å². The first-order chi connectivity index (χ1) is 5.51. The minimum Gasteiger partial charge on any atom is -0.378 e. The van der Waals surface area contributed by atoms with Crippen molar-refractivity contribution in [2.45, 2.75) is 25.9 Å². The molecule has 0 radical (unpaired) electrons. The van der Waals surface area contributed by atoms with Gasteiger partial charge in [-0.1, -0.05) is 0 Å².